The molecule has 0 aliphatic rings. The third-order valence-electron chi connectivity index (χ3n) is 2.22. The van der Waals surface area contributed by atoms with Crippen molar-refractivity contribution in [2.24, 2.45) is 0 Å². The van der Waals surface area contributed by atoms with E-state index in [0.717, 1.165) is 12.2 Å². The summed E-state index contributed by atoms with van der Waals surface area (Å²) in [5, 5.41) is 0. The maximum atomic E-state index is 5.52. The first-order valence-corrected chi connectivity index (χ1v) is 6.86. The highest BCUT2D eigenvalue weighted by atomic mass is 16.5. The van der Waals surface area contributed by atoms with Crippen molar-refractivity contribution in [1.82, 2.24) is 0 Å². The van der Waals surface area contributed by atoms with E-state index in [4.69, 9.17) is 17.3 Å². The third-order valence-corrected chi connectivity index (χ3v) is 2.22. The van der Waals surface area contributed by atoms with E-state index in [0.29, 0.717) is 26.1 Å². The normalized spacial score (nSPS) is 9.50. The Kier molecular flexibility index (Phi) is 11.8. The molecule has 0 heterocycles. The van der Waals surface area contributed by atoms with Crippen molar-refractivity contribution >= 4 is 7.85 Å². The molecule has 100 valence electrons. The standard InChI is InChI=1S/C13H19BO2.C2H6/c1-2-3-12-4-6-13(7-5-12)16-11-10-15-9-8-14;1-2/h4-7H,2-3,8-11H2,1H3;1-2H3. The summed E-state index contributed by atoms with van der Waals surface area (Å²) in [5.74, 6) is 0.899. The van der Waals surface area contributed by atoms with Gasteiger partial charge >= 0.3 is 0 Å². The SMILES string of the molecule is CC.[B]CCOCCOc1ccc(CCC)cc1. The quantitative estimate of drug-likeness (QED) is 0.516. The van der Waals surface area contributed by atoms with Crippen LogP contribution in [0, 0.1) is 0 Å². The lowest BCUT2D eigenvalue weighted by Gasteiger charge is -2.07. The van der Waals surface area contributed by atoms with E-state index in [1.54, 1.807) is 0 Å². The molecule has 0 atom stereocenters. The molecule has 0 aliphatic carbocycles. The van der Waals surface area contributed by atoms with E-state index < -0.39 is 0 Å². The molecule has 1 aromatic carbocycles. The van der Waals surface area contributed by atoms with Crippen LogP contribution in [0.4, 0.5) is 0 Å². The Labute approximate surface area is 113 Å². The number of benzene rings is 1. The molecule has 3 heteroatoms. The van der Waals surface area contributed by atoms with Gasteiger partial charge in [0, 0.05) is 6.61 Å². The molecule has 0 unspecified atom stereocenters. The molecule has 0 saturated heterocycles. The van der Waals surface area contributed by atoms with Crippen LogP contribution in [-0.4, -0.2) is 27.7 Å². The average molecular weight is 248 g/mol. The lowest BCUT2D eigenvalue weighted by atomic mass is 10.1. The van der Waals surface area contributed by atoms with Gasteiger partial charge in [0.05, 0.1) is 14.5 Å². The Hall–Kier alpha value is -0.955. The van der Waals surface area contributed by atoms with Crippen LogP contribution in [0.1, 0.15) is 32.8 Å². The van der Waals surface area contributed by atoms with Gasteiger partial charge in [-0.15, -0.1) is 0 Å². The van der Waals surface area contributed by atoms with Crippen molar-refractivity contribution in [3.05, 3.63) is 29.8 Å². The fourth-order valence-corrected chi connectivity index (χ4v) is 1.44. The second-order valence-corrected chi connectivity index (χ2v) is 3.64. The summed E-state index contributed by atoms with van der Waals surface area (Å²) in [5.41, 5.74) is 1.36. The lowest BCUT2D eigenvalue weighted by Crippen LogP contribution is -2.07. The molecule has 2 radical (unpaired) electrons. The van der Waals surface area contributed by atoms with Crippen molar-refractivity contribution in [3.63, 3.8) is 0 Å². The second kappa shape index (κ2) is 12.5. The number of ether oxygens (including phenoxy) is 2. The van der Waals surface area contributed by atoms with Gasteiger partial charge in [-0.2, -0.15) is 0 Å². The van der Waals surface area contributed by atoms with Crippen molar-refractivity contribution in [1.29, 1.82) is 0 Å². The van der Waals surface area contributed by atoms with Crippen LogP contribution in [0.25, 0.3) is 0 Å². The largest absolute Gasteiger partial charge is 0.491 e. The van der Waals surface area contributed by atoms with Crippen molar-refractivity contribution in [2.75, 3.05) is 19.8 Å². The molecule has 0 aromatic heterocycles. The molecule has 2 nitrogen and oxygen atoms in total. The fourth-order valence-electron chi connectivity index (χ4n) is 1.44. The minimum Gasteiger partial charge on any atom is -0.491 e. The molecular weight excluding hydrogens is 223 g/mol. The first-order valence-electron chi connectivity index (χ1n) is 6.86. The van der Waals surface area contributed by atoms with Crippen molar-refractivity contribution < 1.29 is 9.47 Å². The maximum absolute atomic E-state index is 5.52. The van der Waals surface area contributed by atoms with E-state index in [9.17, 15) is 0 Å². The lowest BCUT2D eigenvalue weighted by molar-refractivity contribution is 0.110. The predicted octanol–water partition coefficient (Wildman–Crippen LogP) is 3.65. The van der Waals surface area contributed by atoms with E-state index in [1.165, 1.54) is 12.0 Å². The number of rotatable bonds is 8. The van der Waals surface area contributed by atoms with Crippen molar-refractivity contribution in [3.8, 4) is 5.75 Å². The van der Waals surface area contributed by atoms with Gasteiger partial charge in [0.15, 0.2) is 0 Å². The first kappa shape index (κ1) is 17.0. The fraction of sp³-hybridized carbons (Fsp3) is 0.600. The van der Waals surface area contributed by atoms with Crippen LogP contribution in [0.3, 0.4) is 0 Å². The molecule has 0 saturated carbocycles. The minimum absolute atomic E-state index is 0.561. The zero-order chi connectivity index (χ0) is 13.6. The molecule has 0 aliphatic heterocycles. The monoisotopic (exact) mass is 248 g/mol. The number of aryl methyl sites for hydroxylation is 1. The topological polar surface area (TPSA) is 18.5 Å². The van der Waals surface area contributed by atoms with Crippen LogP contribution in [0.2, 0.25) is 6.32 Å². The van der Waals surface area contributed by atoms with E-state index in [1.807, 2.05) is 26.0 Å². The highest BCUT2D eigenvalue weighted by Crippen LogP contribution is 2.13. The van der Waals surface area contributed by atoms with Gasteiger partial charge in [0.2, 0.25) is 0 Å². The van der Waals surface area contributed by atoms with Gasteiger partial charge in [0.25, 0.3) is 0 Å². The van der Waals surface area contributed by atoms with Crippen LogP contribution in [0.5, 0.6) is 5.75 Å². The summed E-state index contributed by atoms with van der Waals surface area (Å²) in [6, 6.07) is 8.24. The van der Waals surface area contributed by atoms with E-state index >= 15 is 0 Å². The second-order valence-electron chi connectivity index (χ2n) is 3.64. The Bertz CT molecular complexity index is 272. The third kappa shape index (κ3) is 8.18. The minimum atomic E-state index is 0.561. The van der Waals surface area contributed by atoms with Crippen LogP contribution < -0.4 is 4.74 Å². The van der Waals surface area contributed by atoms with E-state index in [2.05, 4.69) is 19.1 Å². The Morgan fingerprint density at radius 1 is 1.00 bits per heavy atom. The molecule has 1 rings (SSSR count). The van der Waals surface area contributed by atoms with Crippen LogP contribution in [0.15, 0.2) is 24.3 Å². The number of hydrogen-bond acceptors (Lipinski definition) is 2. The zero-order valence-corrected chi connectivity index (χ0v) is 11.9. The van der Waals surface area contributed by atoms with Crippen LogP contribution >= 0.6 is 0 Å². The molecule has 0 bridgehead atoms. The summed E-state index contributed by atoms with van der Waals surface area (Å²) >= 11 is 0. The van der Waals surface area contributed by atoms with Gasteiger partial charge in [0.1, 0.15) is 12.4 Å². The number of hydrogen-bond donors (Lipinski definition) is 0. The van der Waals surface area contributed by atoms with Gasteiger partial charge < -0.3 is 9.47 Å². The summed E-state index contributed by atoms with van der Waals surface area (Å²) in [7, 11) is 5.30. The van der Waals surface area contributed by atoms with Gasteiger partial charge in [-0.05, 0) is 24.1 Å². The Balaban J connectivity index is 0.00000137. The van der Waals surface area contributed by atoms with Crippen molar-refractivity contribution in [2.45, 2.75) is 39.9 Å². The van der Waals surface area contributed by atoms with Crippen LogP contribution in [-0.2, 0) is 11.2 Å². The predicted molar refractivity (Wildman–Crippen MR) is 78.7 cm³/mol. The zero-order valence-electron chi connectivity index (χ0n) is 11.9. The summed E-state index contributed by atoms with van der Waals surface area (Å²) < 4.78 is 10.7. The van der Waals surface area contributed by atoms with Gasteiger partial charge in [-0.25, -0.2) is 0 Å². The Morgan fingerprint density at radius 2 is 1.67 bits per heavy atom. The highest BCUT2D eigenvalue weighted by molar-refractivity contribution is 6.08. The van der Waals surface area contributed by atoms with Gasteiger partial charge in [-0.3, -0.25) is 0 Å². The molecule has 0 amide bonds. The maximum Gasteiger partial charge on any atom is 0.119 e. The molecule has 1 aromatic rings. The molecular formula is C15H25BO2. The van der Waals surface area contributed by atoms with E-state index in [-0.39, 0.29) is 0 Å². The van der Waals surface area contributed by atoms with Gasteiger partial charge in [-0.1, -0.05) is 45.6 Å². The smallest absolute Gasteiger partial charge is 0.119 e. The molecule has 0 fully saturated rings. The summed E-state index contributed by atoms with van der Waals surface area (Å²) in [6.07, 6.45) is 2.86. The average Bonchev–Trinajstić information content (AvgIpc) is 2.43. The first-order chi connectivity index (χ1) is 8.86. The molecule has 0 spiro atoms. The summed E-state index contributed by atoms with van der Waals surface area (Å²) in [6.45, 7) is 7.94. The Morgan fingerprint density at radius 3 is 2.22 bits per heavy atom. The molecule has 18 heavy (non-hydrogen) atoms. The molecule has 0 N–H and O–H groups in total. The highest BCUT2D eigenvalue weighted by Gasteiger charge is 1.95. The summed E-state index contributed by atoms with van der Waals surface area (Å²) in [4.78, 5) is 0.